The highest BCUT2D eigenvalue weighted by atomic mass is 35.5. The quantitative estimate of drug-likeness (QED) is 0.538. The summed E-state index contributed by atoms with van der Waals surface area (Å²) >= 11 is 11.5. The van der Waals surface area contributed by atoms with Crippen molar-refractivity contribution in [2.24, 2.45) is 5.92 Å². The molecule has 1 unspecified atom stereocenters. The zero-order chi connectivity index (χ0) is 6.78. The minimum atomic E-state index is -0.221. The van der Waals surface area contributed by atoms with Crippen LogP contribution in [0.3, 0.4) is 0 Å². The highest BCUT2D eigenvalue weighted by molar-refractivity contribution is 6.30. The average Bonchev–Trinajstić information content (AvgIpc) is 1.67. The molecule has 0 amide bonds. The summed E-state index contributed by atoms with van der Waals surface area (Å²) in [6.07, 6.45) is 0. The smallest absolute Gasteiger partial charge is 0.0576 e. The van der Waals surface area contributed by atoms with E-state index in [0.29, 0.717) is 11.8 Å². The molecule has 0 saturated carbocycles. The monoisotopic (exact) mass is 154 g/mol. The first-order valence-corrected chi connectivity index (χ1v) is 3.67. The maximum Gasteiger partial charge on any atom is 0.0576 e. The van der Waals surface area contributed by atoms with Gasteiger partial charge in [-0.05, 0) is 12.8 Å². The van der Waals surface area contributed by atoms with E-state index in [-0.39, 0.29) is 4.87 Å². The molecule has 0 nitrogen and oxygen atoms in total. The molecule has 2 heteroatoms. The summed E-state index contributed by atoms with van der Waals surface area (Å²) in [4.78, 5) is -0.221. The molecule has 0 aliphatic heterocycles. The molecule has 0 saturated heterocycles. The van der Waals surface area contributed by atoms with Crippen molar-refractivity contribution in [1.82, 2.24) is 0 Å². The molecule has 0 aromatic rings. The molecule has 0 N–H and O–H groups in total. The standard InChI is InChI=1S/C6H12Cl2/c1-5(2)6(3,8)4-7/h5H,4H2,1-3H3. The molecule has 0 spiro atoms. The Morgan fingerprint density at radius 2 is 1.88 bits per heavy atom. The molecule has 0 aliphatic rings. The van der Waals surface area contributed by atoms with E-state index in [9.17, 15) is 0 Å². The third-order valence-electron chi connectivity index (χ3n) is 1.47. The molecule has 0 heterocycles. The van der Waals surface area contributed by atoms with Crippen molar-refractivity contribution in [3.63, 3.8) is 0 Å². The van der Waals surface area contributed by atoms with Gasteiger partial charge in [0.05, 0.1) is 4.87 Å². The predicted octanol–water partition coefficient (Wildman–Crippen LogP) is 2.88. The van der Waals surface area contributed by atoms with E-state index in [0.717, 1.165) is 0 Å². The molecule has 0 aromatic carbocycles. The second kappa shape index (κ2) is 2.93. The second-order valence-corrected chi connectivity index (χ2v) is 3.70. The van der Waals surface area contributed by atoms with Gasteiger partial charge in [0.15, 0.2) is 0 Å². The molecule has 1 atom stereocenters. The van der Waals surface area contributed by atoms with Crippen LogP contribution in [0, 0.1) is 5.92 Å². The van der Waals surface area contributed by atoms with Crippen LogP contribution in [-0.4, -0.2) is 10.8 Å². The lowest BCUT2D eigenvalue weighted by atomic mass is 10.00. The minimum Gasteiger partial charge on any atom is -0.125 e. The molecule has 0 radical (unpaired) electrons. The Morgan fingerprint density at radius 1 is 1.50 bits per heavy atom. The molecule has 0 aromatic heterocycles. The fraction of sp³-hybridized carbons (Fsp3) is 1.00. The summed E-state index contributed by atoms with van der Waals surface area (Å²) in [7, 11) is 0. The first-order valence-electron chi connectivity index (χ1n) is 2.75. The van der Waals surface area contributed by atoms with Crippen LogP contribution in [0.1, 0.15) is 20.8 Å². The van der Waals surface area contributed by atoms with Crippen LogP contribution < -0.4 is 0 Å². The average molecular weight is 155 g/mol. The van der Waals surface area contributed by atoms with Crippen LogP contribution >= 0.6 is 23.2 Å². The molecule has 8 heavy (non-hydrogen) atoms. The lowest BCUT2D eigenvalue weighted by Gasteiger charge is -2.22. The van der Waals surface area contributed by atoms with Gasteiger partial charge in [-0.25, -0.2) is 0 Å². The van der Waals surface area contributed by atoms with Gasteiger partial charge in [0.1, 0.15) is 0 Å². The van der Waals surface area contributed by atoms with Crippen molar-refractivity contribution in [3.05, 3.63) is 0 Å². The summed E-state index contributed by atoms with van der Waals surface area (Å²) in [5.74, 6) is 0.966. The number of rotatable bonds is 2. The Kier molecular flexibility index (Phi) is 3.14. The summed E-state index contributed by atoms with van der Waals surface area (Å²) in [6, 6.07) is 0. The van der Waals surface area contributed by atoms with Gasteiger partial charge in [0.2, 0.25) is 0 Å². The van der Waals surface area contributed by atoms with E-state index in [4.69, 9.17) is 23.2 Å². The van der Waals surface area contributed by atoms with Crippen LogP contribution in [0.2, 0.25) is 0 Å². The van der Waals surface area contributed by atoms with E-state index >= 15 is 0 Å². The molecule has 0 bridgehead atoms. The van der Waals surface area contributed by atoms with Crippen LogP contribution in [0.5, 0.6) is 0 Å². The SMILES string of the molecule is CC(C)C(C)(Cl)CCl. The number of hydrogen-bond acceptors (Lipinski definition) is 0. The molecular formula is C6H12Cl2. The summed E-state index contributed by atoms with van der Waals surface area (Å²) in [6.45, 7) is 6.08. The first kappa shape index (κ1) is 8.58. The largest absolute Gasteiger partial charge is 0.125 e. The predicted molar refractivity (Wildman–Crippen MR) is 39.8 cm³/mol. The van der Waals surface area contributed by atoms with Gasteiger partial charge in [-0.15, -0.1) is 23.2 Å². The van der Waals surface area contributed by atoms with E-state index in [1.807, 2.05) is 6.92 Å². The number of halogens is 2. The Morgan fingerprint density at radius 3 is 1.88 bits per heavy atom. The maximum atomic E-state index is 5.92. The van der Waals surface area contributed by atoms with Crippen molar-refractivity contribution < 1.29 is 0 Å². The molecule has 0 fully saturated rings. The van der Waals surface area contributed by atoms with Crippen LogP contribution in [0.4, 0.5) is 0 Å². The maximum absolute atomic E-state index is 5.92. The van der Waals surface area contributed by atoms with Gasteiger partial charge in [-0.3, -0.25) is 0 Å². The number of alkyl halides is 2. The fourth-order valence-corrected chi connectivity index (χ4v) is 0.463. The highest BCUT2D eigenvalue weighted by Crippen LogP contribution is 2.25. The Bertz CT molecular complexity index is 66.9. The van der Waals surface area contributed by atoms with E-state index in [1.165, 1.54) is 0 Å². The lowest BCUT2D eigenvalue weighted by Crippen LogP contribution is -2.25. The lowest BCUT2D eigenvalue weighted by molar-refractivity contribution is 0.498. The Labute approximate surface area is 61.2 Å². The van der Waals surface area contributed by atoms with Crippen molar-refractivity contribution in [1.29, 1.82) is 0 Å². The molecule has 0 rings (SSSR count). The zero-order valence-corrected chi connectivity index (χ0v) is 7.05. The molecule has 50 valence electrons. The van der Waals surface area contributed by atoms with Crippen LogP contribution in [0.15, 0.2) is 0 Å². The second-order valence-electron chi connectivity index (χ2n) is 2.57. The Balaban J connectivity index is 3.71. The molecular weight excluding hydrogens is 143 g/mol. The van der Waals surface area contributed by atoms with Gasteiger partial charge < -0.3 is 0 Å². The topological polar surface area (TPSA) is 0 Å². The van der Waals surface area contributed by atoms with Crippen molar-refractivity contribution >= 4 is 23.2 Å². The van der Waals surface area contributed by atoms with E-state index in [2.05, 4.69) is 13.8 Å². The van der Waals surface area contributed by atoms with Gasteiger partial charge in [0, 0.05) is 5.88 Å². The highest BCUT2D eigenvalue weighted by Gasteiger charge is 2.23. The first-order chi connectivity index (χ1) is 3.50. The summed E-state index contributed by atoms with van der Waals surface area (Å²) in [5, 5.41) is 0. The van der Waals surface area contributed by atoms with E-state index < -0.39 is 0 Å². The number of hydrogen-bond donors (Lipinski definition) is 0. The normalized spacial score (nSPS) is 18.8. The van der Waals surface area contributed by atoms with Crippen molar-refractivity contribution in [2.45, 2.75) is 25.6 Å². The third-order valence-corrected chi connectivity index (χ3v) is 2.73. The van der Waals surface area contributed by atoms with Gasteiger partial charge in [-0.1, -0.05) is 13.8 Å². The van der Waals surface area contributed by atoms with Crippen molar-refractivity contribution in [2.75, 3.05) is 5.88 Å². The van der Waals surface area contributed by atoms with Gasteiger partial charge >= 0.3 is 0 Å². The third kappa shape index (κ3) is 2.23. The van der Waals surface area contributed by atoms with E-state index in [1.54, 1.807) is 0 Å². The summed E-state index contributed by atoms with van der Waals surface area (Å²) in [5.41, 5.74) is 0. The summed E-state index contributed by atoms with van der Waals surface area (Å²) < 4.78 is 0. The van der Waals surface area contributed by atoms with Gasteiger partial charge in [-0.2, -0.15) is 0 Å². The van der Waals surface area contributed by atoms with Crippen molar-refractivity contribution in [3.8, 4) is 0 Å². The Hall–Kier alpha value is 0.580. The zero-order valence-electron chi connectivity index (χ0n) is 5.54. The molecule has 0 aliphatic carbocycles. The van der Waals surface area contributed by atoms with Crippen LogP contribution in [0.25, 0.3) is 0 Å². The minimum absolute atomic E-state index is 0.221. The van der Waals surface area contributed by atoms with Gasteiger partial charge in [0.25, 0.3) is 0 Å². The fourth-order valence-electron chi connectivity index (χ4n) is 0.154. The van der Waals surface area contributed by atoms with Crippen LogP contribution in [-0.2, 0) is 0 Å².